The molecular weight excluding hydrogens is 317 g/mol. The van der Waals surface area contributed by atoms with E-state index in [9.17, 15) is 4.39 Å². The van der Waals surface area contributed by atoms with E-state index in [0.29, 0.717) is 40.4 Å². The summed E-state index contributed by atoms with van der Waals surface area (Å²) >= 11 is 3.34. The highest BCUT2D eigenvalue weighted by Gasteiger charge is 2.25. The SMILES string of the molecule is Cn1ncc(-c2c(Br)cc3c(c2F)OCCO3)c1N. The predicted molar refractivity (Wildman–Crippen MR) is 71.7 cm³/mol. The Kier molecular flexibility index (Phi) is 2.85. The van der Waals surface area contributed by atoms with Crippen LogP contribution in [0.3, 0.4) is 0 Å². The molecule has 0 saturated heterocycles. The summed E-state index contributed by atoms with van der Waals surface area (Å²) in [5.74, 6) is 0.398. The van der Waals surface area contributed by atoms with Gasteiger partial charge in [-0.05, 0) is 22.0 Å². The van der Waals surface area contributed by atoms with Crippen molar-refractivity contribution >= 4 is 21.7 Å². The molecule has 0 unspecified atom stereocenters. The fourth-order valence-electron chi connectivity index (χ4n) is 2.00. The number of aromatic nitrogens is 2. The molecular formula is C12H11BrFN3O2. The van der Waals surface area contributed by atoms with Crippen molar-refractivity contribution in [3.05, 3.63) is 22.6 Å². The van der Waals surface area contributed by atoms with E-state index >= 15 is 0 Å². The number of nitrogen functional groups attached to an aromatic ring is 1. The Bertz CT molecular complexity index is 657. The number of hydrogen-bond donors (Lipinski definition) is 1. The lowest BCUT2D eigenvalue weighted by molar-refractivity contribution is 0.164. The highest BCUT2D eigenvalue weighted by Crippen LogP contribution is 2.44. The van der Waals surface area contributed by atoms with Crippen LogP contribution in [0, 0.1) is 5.82 Å². The monoisotopic (exact) mass is 327 g/mol. The second-order valence-electron chi connectivity index (χ2n) is 4.14. The Labute approximate surface area is 117 Å². The van der Waals surface area contributed by atoms with E-state index in [1.54, 1.807) is 13.1 Å². The minimum atomic E-state index is -0.497. The standard InChI is InChI=1S/C12H11BrFN3O2/c1-17-12(15)6(5-16-17)9-7(13)4-8-11(10(9)14)19-3-2-18-8/h4-5H,2-3,15H2,1H3. The van der Waals surface area contributed by atoms with Crippen molar-refractivity contribution in [2.45, 2.75) is 0 Å². The number of rotatable bonds is 1. The number of nitrogens with two attached hydrogens (primary N) is 1. The van der Waals surface area contributed by atoms with Gasteiger partial charge in [-0.25, -0.2) is 4.39 Å². The maximum atomic E-state index is 14.6. The van der Waals surface area contributed by atoms with Crippen LogP contribution in [0.1, 0.15) is 0 Å². The van der Waals surface area contributed by atoms with Crippen LogP contribution < -0.4 is 15.2 Å². The smallest absolute Gasteiger partial charge is 0.197 e. The first kappa shape index (κ1) is 12.3. The molecule has 0 radical (unpaired) electrons. The minimum absolute atomic E-state index is 0.118. The van der Waals surface area contributed by atoms with E-state index in [4.69, 9.17) is 15.2 Å². The van der Waals surface area contributed by atoms with Crippen LogP contribution in [0.5, 0.6) is 11.5 Å². The van der Waals surface area contributed by atoms with Crippen LogP contribution >= 0.6 is 15.9 Å². The zero-order valence-electron chi connectivity index (χ0n) is 10.1. The van der Waals surface area contributed by atoms with Gasteiger partial charge in [0, 0.05) is 22.6 Å². The highest BCUT2D eigenvalue weighted by molar-refractivity contribution is 9.10. The Morgan fingerprint density at radius 1 is 1.42 bits per heavy atom. The van der Waals surface area contributed by atoms with Gasteiger partial charge >= 0.3 is 0 Å². The molecule has 2 heterocycles. The summed E-state index contributed by atoms with van der Waals surface area (Å²) < 4.78 is 27.3. The van der Waals surface area contributed by atoms with Crippen molar-refractivity contribution in [1.29, 1.82) is 0 Å². The van der Waals surface area contributed by atoms with E-state index < -0.39 is 5.82 Å². The molecule has 3 rings (SSSR count). The lowest BCUT2D eigenvalue weighted by Gasteiger charge is -2.20. The first-order chi connectivity index (χ1) is 9.09. The third-order valence-corrected chi connectivity index (χ3v) is 3.61. The van der Waals surface area contributed by atoms with Crippen molar-refractivity contribution < 1.29 is 13.9 Å². The number of ether oxygens (including phenoxy) is 2. The fourth-order valence-corrected chi connectivity index (χ4v) is 2.60. The molecule has 100 valence electrons. The minimum Gasteiger partial charge on any atom is -0.486 e. The van der Waals surface area contributed by atoms with Crippen molar-refractivity contribution in [1.82, 2.24) is 9.78 Å². The van der Waals surface area contributed by atoms with Crippen LogP contribution in [0.4, 0.5) is 10.2 Å². The molecule has 1 aliphatic heterocycles. The average molecular weight is 328 g/mol. The summed E-state index contributed by atoms with van der Waals surface area (Å²) in [5.41, 5.74) is 6.74. The molecule has 2 aromatic rings. The molecule has 0 fully saturated rings. The second kappa shape index (κ2) is 4.41. The predicted octanol–water partition coefficient (Wildman–Crippen LogP) is 2.34. The van der Waals surface area contributed by atoms with Gasteiger partial charge in [-0.1, -0.05) is 0 Å². The maximum Gasteiger partial charge on any atom is 0.197 e. The molecule has 5 nitrogen and oxygen atoms in total. The topological polar surface area (TPSA) is 62.3 Å². The van der Waals surface area contributed by atoms with Crippen LogP contribution in [0.2, 0.25) is 0 Å². The molecule has 0 bridgehead atoms. The molecule has 1 aliphatic rings. The molecule has 0 spiro atoms. The van der Waals surface area contributed by atoms with Crippen molar-refractivity contribution in [3.63, 3.8) is 0 Å². The maximum absolute atomic E-state index is 14.6. The molecule has 19 heavy (non-hydrogen) atoms. The van der Waals surface area contributed by atoms with E-state index in [1.165, 1.54) is 10.9 Å². The Hall–Kier alpha value is -1.76. The van der Waals surface area contributed by atoms with Gasteiger partial charge in [0.05, 0.1) is 6.20 Å². The Morgan fingerprint density at radius 3 is 2.84 bits per heavy atom. The van der Waals surface area contributed by atoms with Crippen LogP contribution in [-0.4, -0.2) is 23.0 Å². The Morgan fingerprint density at radius 2 is 2.16 bits per heavy atom. The third kappa shape index (κ3) is 1.85. The molecule has 7 heteroatoms. The molecule has 0 aliphatic carbocycles. The van der Waals surface area contributed by atoms with Crippen LogP contribution in [0.25, 0.3) is 11.1 Å². The second-order valence-corrected chi connectivity index (χ2v) is 4.99. The summed E-state index contributed by atoms with van der Waals surface area (Å²) in [5, 5.41) is 4.02. The van der Waals surface area contributed by atoms with Gasteiger partial charge in [0.2, 0.25) is 0 Å². The van der Waals surface area contributed by atoms with Gasteiger partial charge < -0.3 is 15.2 Å². The molecule has 1 aromatic carbocycles. The number of benzene rings is 1. The molecule has 0 amide bonds. The van der Waals surface area contributed by atoms with Gasteiger partial charge in [0.1, 0.15) is 19.0 Å². The number of nitrogens with zero attached hydrogens (tertiary/aromatic N) is 2. The van der Waals surface area contributed by atoms with Gasteiger partial charge in [-0.15, -0.1) is 0 Å². The first-order valence-electron chi connectivity index (χ1n) is 5.65. The van der Waals surface area contributed by atoms with Gasteiger partial charge in [-0.2, -0.15) is 5.10 Å². The molecule has 0 atom stereocenters. The lowest BCUT2D eigenvalue weighted by atomic mass is 10.1. The third-order valence-electron chi connectivity index (χ3n) is 2.98. The summed E-state index contributed by atoms with van der Waals surface area (Å²) in [6, 6.07) is 1.68. The first-order valence-corrected chi connectivity index (χ1v) is 6.44. The van der Waals surface area contributed by atoms with Crippen LogP contribution in [-0.2, 0) is 7.05 Å². The number of aryl methyl sites for hydroxylation is 1. The van der Waals surface area contributed by atoms with Gasteiger partial charge in [0.15, 0.2) is 17.3 Å². The molecule has 1 aromatic heterocycles. The zero-order valence-corrected chi connectivity index (χ0v) is 11.7. The van der Waals surface area contributed by atoms with Gasteiger partial charge in [0.25, 0.3) is 0 Å². The van der Waals surface area contributed by atoms with E-state index in [1.807, 2.05) is 0 Å². The summed E-state index contributed by atoms with van der Waals surface area (Å²) in [6.45, 7) is 0.737. The highest BCUT2D eigenvalue weighted by atomic mass is 79.9. The number of hydrogen-bond acceptors (Lipinski definition) is 4. The van der Waals surface area contributed by atoms with Crippen molar-refractivity contribution in [3.8, 4) is 22.6 Å². The fraction of sp³-hybridized carbons (Fsp3) is 0.250. The number of halogens is 2. The Balaban J connectivity index is 2.24. The quantitative estimate of drug-likeness (QED) is 0.873. The average Bonchev–Trinajstić information content (AvgIpc) is 2.71. The largest absolute Gasteiger partial charge is 0.486 e. The molecule has 2 N–H and O–H groups in total. The summed E-state index contributed by atoms with van der Waals surface area (Å²) in [7, 11) is 1.70. The van der Waals surface area contributed by atoms with Gasteiger partial charge in [-0.3, -0.25) is 4.68 Å². The van der Waals surface area contributed by atoms with Crippen molar-refractivity contribution in [2.75, 3.05) is 18.9 Å². The van der Waals surface area contributed by atoms with Crippen molar-refractivity contribution in [2.24, 2.45) is 7.05 Å². The van der Waals surface area contributed by atoms with E-state index in [2.05, 4.69) is 21.0 Å². The normalized spacial score (nSPS) is 13.6. The zero-order chi connectivity index (χ0) is 13.6. The van der Waals surface area contributed by atoms with E-state index in [-0.39, 0.29) is 5.75 Å². The van der Waals surface area contributed by atoms with Crippen LogP contribution in [0.15, 0.2) is 16.7 Å². The summed E-state index contributed by atoms with van der Waals surface area (Å²) in [6.07, 6.45) is 1.52. The molecule has 0 saturated carbocycles. The van der Waals surface area contributed by atoms with E-state index in [0.717, 1.165) is 0 Å². The summed E-state index contributed by atoms with van der Waals surface area (Å²) in [4.78, 5) is 0. The number of anilines is 1. The lowest BCUT2D eigenvalue weighted by Crippen LogP contribution is -2.16. The number of fused-ring (bicyclic) bond motifs is 1.